The van der Waals surface area contributed by atoms with Crippen molar-refractivity contribution < 1.29 is 14.7 Å². The van der Waals surface area contributed by atoms with Gasteiger partial charge in [0.25, 0.3) is 0 Å². The average Bonchev–Trinajstić information content (AvgIpc) is 2.92. The lowest BCUT2D eigenvalue weighted by Gasteiger charge is -2.21. The zero-order valence-electron chi connectivity index (χ0n) is 7.77. The normalized spacial score (nSPS) is 22.1. The van der Waals surface area contributed by atoms with Gasteiger partial charge in [-0.3, -0.25) is 4.79 Å². The number of nitrogens with zero attached hydrogens (tertiary/aromatic N) is 2. The molecule has 2 rings (SSSR count). The first kappa shape index (κ1) is 9.18. The maximum atomic E-state index is 11.4. The number of hydrazone groups is 1. The van der Waals surface area contributed by atoms with Gasteiger partial charge in [0.15, 0.2) is 0 Å². The monoisotopic (exact) mass is 196 g/mol. The minimum absolute atomic E-state index is 0.0538. The van der Waals surface area contributed by atoms with Crippen molar-refractivity contribution in [2.24, 2.45) is 11.0 Å². The molecule has 0 aromatic carbocycles. The van der Waals surface area contributed by atoms with Gasteiger partial charge in [0.2, 0.25) is 5.91 Å². The molecule has 0 aromatic rings. The Morgan fingerprint density at radius 3 is 2.79 bits per heavy atom. The van der Waals surface area contributed by atoms with Crippen LogP contribution in [-0.2, 0) is 9.59 Å². The Balaban J connectivity index is 2.06. The molecule has 5 heteroatoms. The molecule has 1 aliphatic heterocycles. The summed E-state index contributed by atoms with van der Waals surface area (Å²) in [5.41, 5.74) is 0.102. The van der Waals surface area contributed by atoms with Crippen LogP contribution in [0.5, 0.6) is 0 Å². The van der Waals surface area contributed by atoms with E-state index in [0.717, 1.165) is 12.8 Å². The summed E-state index contributed by atoms with van der Waals surface area (Å²) < 4.78 is 0. The molecule has 1 heterocycles. The van der Waals surface area contributed by atoms with E-state index < -0.39 is 5.97 Å². The Kier molecular flexibility index (Phi) is 2.23. The Morgan fingerprint density at radius 1 is 1.50 bits per heavy atom. The molecule has 14 heavy (non-hydrogen) atoms. The zero-order valence-corrected chi connectivity index (χ0v) is 7.77. The molecule has 1 N–H and O–H groups in total. The van der Waals surface area contributed by atoms with Gasteiger partial charge in [-0.15, -0.1) is 0 Å². The minimum Gasteiger partial charge on any atom is -0.477 e. The highest BCUT2D eigenvalue weighted by molar-refractivity contribution is 6.36. The third-order valence-electron chi connectivity index (χ3n) is 2.48. The number of carboxylic acid groups (broad SMARTS) is 1. The van der Waals surface area contributed by atoms with E-state index in [1.54, 1.807) is 0 Å². The third-order valence-corrected chi connectivity index (χ3v) is 2.48. The highest BCUT2D eigenvalue weighted by Gasteiger charge is 2.30. The summed E-state index contributed by atoms with van der Waals surface area (Å²) in [7, 11) is 0. The van der Waals surface area contributed by atoms with E-state index in [1.807, 2.05) is 0 Å². The molecule has 1 amide bonds. The molecule has 76 valence electrons. The van der Waals surface area contributed by atoms with E-state index >= 15 is 0 Å². The molecular formula is C9H12N2O3. The van der Waals surface area contributed by atoms with Crippen LogP contribution in [0.15, 0.2) is 5.10 Å². The number of carboxylic acids is 1. The summed E-state index contributed by atoms with van der Waals surface area (Å²) in [5.74, 6) is -0.531. The lowest BCUT2D eigenvalue weighted by Crippen LogP contribution is -2.35. The highest BCUT2D eigenvalue weighted by atomic mass is 16.4. The van der Waals surface area contributed by atoms with Gasteiger partial charge in [-0.1, -0.05) is 0 Å². The Hall–Kier alpha value is -1.39. The maximum absolute atomic E-state index is 11.4. The van der Waals surface area contributed by atoms with Gasteiger partial charge < -0.3 is 5.11 Å². The largest absolute Gasteiger partial charge is 0.477 e. The smallest absolute Gasteiger partial charge is 0.352 e. The van der Waals surface area contributed by atoms with Gasteiger partial charge in [0.05, 0.1) is 0 Å². The van der Waals surface area contributed by atoms with Gasteiger partial charge >= 0.3 is 5.97 Å². The Labute approximate surface area is 81.4 Å². The average molecular weight is 196 g/mol. The van der Waals surface area contributed by atoms with E-state index in [0.29, 0.717) is 12.5 Å². The van der Waals surface area contributed by atoms with Crippen molar-refractivity contribution >= 4 is 17.6 Å². The molecule has 1 saturated carbocycles. The van der Waals surface area contributed by atoms with Crippen molar-refractivity contribution in [1.82, 2.24) is 5.01 Å². The highest BCUT2D eigenvalue weighted by Crippen LogP contribution is 2.30. The molecule has 0 bridgehead atoms. The molecular weight excluding hydrogens is 184 g/mol. The van der Waals surface area contributed by atoms with E-state index in [9.17, 15) is 9.59 Å². The van der Waals surface area contributed by atoms with Crippen molar-refractivity contribution in [1.29, 1.82) is 0 Å². The van der Waals surface area contributed by atoms with E-state index in [-0.39, 0.29) is 24.5 Å². The summed E-state index contributed by atoms with van der Waals surface area (Å²) in [5, 5.41) is 13.9. The fourth-order valence-corrected chi connectivity index (χ4v) is 1.44. The Bertz CT molecular complexity index is 307. The van der Waals surface area contributed by atoms with Crippen molar-refractivity contribution in [3.05, 3.63) is 0 Å². The number of rotatable bonds is 3. The lowest BCUT2D eigenvalue weighted by molar-refractivity contribution is -0.133. The van der Waals surface area contributed by atoms with Gasteiger partial charge in [0, 0.05) is 19.4 Å². The number of carbonyl (C=O) groups is 2. The van der Waals surface area contributed by atoms with Crippen LogP contribution in [0.4, 0.5) is 0 Å². The maximum Gasteiger partial charge on any atom is 0.352 e. The summed E-state index contributed by atoms with van der Waals surface area (Å²) in [6.07, 6.45) is 2.79. The predicted molar refractivity (Wildman–Crippen MR) is 48.7 cm³/mol. The standard InChI is InChI=1S/C9H12N2O3/c12-8-4-3-7(9(13)14)10-11(8)5-6-1-2-6/h6H,1-5H2,(H,13,14). The van der Waals surface area contributed by atoms with E-state index in [1.165, 1.54) is 5.01 Å². The number of hydrogen-bond donors (Lipinski definition) is 1. The fraction of sp³-hybridized carbons (Fsp3) is 0.667. The molecule has 0 aromatic heterocycles. The number of hydrogen-bond acceptors (Lipinski definition) is 3. The van der Waals surface area contributed by atoms with Crippen LogP contribution in [0, 0.1) is 5.92 Å². The van der Waals surface area contributed by atoms with Gasteiger partial charge in [0.1, 0.15) is 5.71 Å². The SMILES string of the molecule is O=C(O)C1=NN(CC2CC2)C(=O)CC1. The quantitative estimate of drug-likeness (QED) is 0.712. The van der Waals surface area contributed by atoms with Crippen molar-refractivity contribution in [2.45, 2.75) is 25.7 Å². The molecule has 0 atom stereocenters. The van der Waals surface area contributed by atoms with Crippen molar-refractivity contribution in [2.75, 3.05) is 6.54 Å². The molecule has 0 unspecified atom stereocenters. The zero-order chi connectivity index (χ0) is 10.1. The van der Waals surface area contributed by atoms with Crippen LogP contribution in [0.3, 0.4) is 0 Å². The van der Waals surface area contributed by atoms with E-state index in [2.05, 4.69) is 5.10 Å². The fourth-order valence-electron chi connectivity index (χ4n) is 1.44. The number of aliphatic carboxylic acids is 1. The summed E-state index contributed by atoms with van der Waals surface area (Å²) in [4.78, 5) is 22.0. The van der Waals surface area contributed by atoms with Gasteiger partial charge in [-0.2, -0.15) is 5.10 Å². The van der Waals surface area contributed by atoms with Gasteiger partial charge in [-0.25, -0.2) is 9.80 Å². The van der Waals surface area contributed by atoms with Crippen LogP contribution in [0.2, 0.25) is 0 Å². The molecule has 1 aliphatic carbocycles. The Morgan fingerprint density at radius 2 is 2.21 bits per heavy atom. The van der Waals surface area contributed by atoms with Crippen LogP contribution in [0.1, 0.15) is 25.7 Å². The second kappa shape index (κ2) is 3.40. The molecule has 0 saturated heterocycles. The third kappa shape index (κ3) is 1.92. The number of carbonyl (C=O) groups excluding carboxylic acids is 1. The molecule has 5 nitrogen and oxygen atoms in total. The molecule has 1 fully saturated rings. The second-order valence-corrected chi connectivity index (χ2v) is 3.77. The number of amides is 1. The van der Waals surface area contributed by atoms with Crippen LogP contribution in [0.25, 0.3) is 0 Å². The second-order valence-electron chi connectivity index (χ2n) is 3.77. The van der Waals surface area contributed by atoms with Crippen LogP contribution in [-0.4, -0.2) is 34.2 Å². The van der Waals surface area contributed by atoms with Crippen molar-refractivity contribution in [3.8, 4) is 0 Å². The summed E-state index contributed by atoms with van der Waals surface area (Å²) >= 11 is 0. The summed E-state index contributed by atoms with van der Waals surface area (Å²) in [6, 6.07) is 0. The predicted octanol–water partition coefficient (Wildman–Crippen LogP) is 0.459. The molecule has 0 spiro atoms. The van der Waals surface area contributed by atoms with Crippen molar-refractivity contribution in [3.63, 3.8) is 0 Å². The van der Waals surface area contributed by atoms with Crippen LogP contribution >= 0.6 is 0 Å². The first-order chi connectivity index (χ1) is 6.66. The van der Waals surface area contributed by atoms with Crippen LogP contribution < -0.4 is 0 Å². The van der Waals surface area contributed by atoms with E-state index in [4.69, 9.17) is 5.11 Å². The first-order valence-corrected chi connectivity index (χ1v) is 4.78. The molecule has 2 aliphatic rings. The summed E-state index contributed by atoms with van der Waals surface area (Å²) in [6.45, 7) is 0.593. The minimum atomic E-state index is -1.02. The lowest BCUT2D eigenvalue weighted by atomic mass is 10.1. The van der Waals surface area contributed by atoms with Gasteiger partial charge in [-0.05, 0) is 18.8 Å². The first-order valence-electron chi connectivity index (χ1n) is 4.78. The molecule has 0 radical (unpaired) electrons. The topological polar surface area (TPSA) is 70.0 Å².